The Morgan fingerprint density at radius 3 is 2.72 bits per heavy atom. The van der Waals surface area contributed by atoms with E-state index in [1.165, 1.54) is 17.8 Å². The van der Waals surface area contributed by atoms with Crippen LogP contribution in [0.2, 0.25) is 0 Å². The minimum absolute atomic E-state index is 0.493. The molecule has 130 valence electrons. The van der Waals surface area contributed by atoms with E-state index < -0.39 is 0 Å². The number of nitrogens with zero attached hydrogens (tertiary/aromatic N) is 6. The minimum atomic E-state index is 0.493. The third kappa shape index (κ3) is 3.85. The number of ether oxygens (including phenoxy) is 1. The molecule has 0 saturated carbocycles. The van der Waals surface area contributed by atoms with Crippen LogP contribution in [-0.4, -0.2) is 50.2 Å². The first-order valence-corrected chi connectivity index (χ1v) is 9.25. The van der Waals surface area contributed by atoms with E-state index in [1.54, 1.807) is 22.3 Å². The Morgan fingerprint density at radius 2 is 2.00 bits per heavy atom. The summed E-state index contributed by atoms with van der Waals surface area (Å²) in [6, 6.07) is 7.69. The molecule has 3 heterocycles. The van der Waals surface area contributed by atoms with E-state index >= 15 is 0 Å². The maximum absolute atomic E-state index is 5.86. The molecule has 0 atom stereocenters. The Kier molecular flexibility index (Phi) is 4.71. The molecule has 0 aliphatic carbocycles. The van der Waals surface area contributed by atoms with Crippen molar-refractivity contribution in [3.05, 3.63) is 46.7 Å². The van der Waals surface area contributed by atoms with Crippen molar-refractivity contribution in [3.8, 4) is 11.4 Å². The summed E-state index contributed by atoms with van der Waals surface area (Å²) in [5.74, 6) is 1.41. The van der Waals surface area contributed by atoms with Crippen LogP contribution in [0.3, 0.4) is 0 Å². The molecule has 0 amide bonds. The van der Waals surface area contributed by atoms with E-state index in [4.69, 9.17) is 9.72 Å². The molecule has 3 aromatic rings. The molecule has 4 rings (SSSR count). The minimum Gasteiger partial charge on any atom is -0.487 e. The predicted molar refractivity (Wildman–Crippen MR) is 95.1 cm³/mol. The highest BCUT2D eigenvalue weighted by Gasteiger charge is 2.21. The molecule has 1 saturated heterocycles. The predicted octanol–water partition coefficient (Wildman–Crippen LogP) is 2.51. The zero-order valence-corrected chi connectivity index (χ0v) is 14.9. The van der Waals surface area contributed by atoms with Gasteiger partial charge in [-0.3, -0.25) is 0 Å². The third-order valence-corrected chi connectivity index (χ3v) is 5.53. The van der Waals surface area contributed by atoms with E-state index in [0.717, 1.165) is 30.2 Å². The molecule has 25 heavy (non-hydrogen) atoms. The van der Waals surface area contributed by atoms with Gasteiger partial charge in [-0.1, -0.05) is 0 Å². The van der Waals surface area contributed by atoms with Crippen molar-refractivity contribution in [1.82, 2.24) is 30.1 Å². The van der Waals surface area contributed by atoms with Gasteiger partial charge in [0.15, 0.2) is 0 Å². The first kappa shape index (κ1) is 16.2. The molecular formula is C17H20N6OS. The number of hydrogen-bond acceptors (Lipinski definition) is 7. The van der Waals surface area contributed by atoms with Gasteiger partial charge in [-0.2, -0.15) is 0 Å². The van der Waals surface area contributed by atoms with E-state index in [1.807, 2.05) is 24.3 Å². The zero-order chi connectivity index (χ0) is 17.1. The van der Waals surface area contributed by atoms with Crippen LogP contribution in [0, 0.1) is 0 Å². The lowest BCUT2D eigenvalue weighted by atomic mass is 9.98. The van der Waals surface area contributed by atoms with Gasteiger partial charge in [0, 0.05) is 11.3 Å². The second-order valence-corrected chi connectivity index (χ2v) is 7.18. The van der Waals surface area contributed by atoms with Crippen LogP contribution in [0.4, 0.5) is 0 Å². The maximum atomic E-state index is 5.86. The number of hydrogen-bond donors (Lipinski definition) is 0. The summed E-state index contributed by atoms with van der Waals surface area (Å²) in [5, 5.41) is 14.5. The molecular weight excluding hydrogens is 336 g/mol. The van der Waals surface area contributed by atoms with E-state index in [0.29, 0.717) is 12.5 Å². The van der Waals surface area contributed by atoms with Crippen LogP contribution in [0.15, 0.2) is 36.0 Å². The fraction of sp³-hybridized carbons (Fsp3) is 0.412. The first-order chi connectivity index (χ1) is 12.3. The first-order valence-electron chi connectivity index (χ1n) is 8.37. The number of thiazole rings is 1. The van der Waals surface area contributed by atoms with Crippen molar-refractivity contribution in [2.45, 2.75) is 25.4 Å². The molecule has 2 aromatic heterocycles. The Hall–Kier alpha value is -2.32. The number of likely N-dealkylation sites (tertiary alicyclic amines) is 1. The van der Waals surface area contributed by atoms with Crippen LogP contribution in [0.25, 0.3) is 5.69 Å². The monoisotopic (exact) mass is 356 g/mol. The average molecular weight is 356 g/mol. The molecule has 7 nitrogen and oxygen atoms in total. The van der Waals surface area contributed by atoms with Gasteiger partial charge < -0.3 is 9.64 Å². The number of tetrazole rings is 1. The maximum Gasteiger partial charge on any atom is 0.143 e. The van der Waals surface area contributed by atoms with E-state index in [2.05, 4.69) is 32.9 Å². The van der Waals surface area contributed by atoms with Gasteiger partial charge >= 0.3 is 0 Å². The molecule has 0 bridgehead atoms. The number of piperidine rings is 1. The van der Waals surface area contributed by atoms with Crippen molar-refractivity contribution in [3.63, 3.8) is 0 Å². The third-order valence-electron chi connectivity index (χ3n) is 4.47. The summed E-state index contributed by atoms with van der Waals surface area (Å²) >= 11 is 1.76. The number of benzene rings is 1. The van der Waals surface area contributed by atoms with Gasteiger partial charge in [-0.25, -0.2) is 9.67 Å². The summed E-state index contributed by atoms with van der Waals surface area (Å²) < 4.78 is 7.47. The highest BCUT2D eigenvalue weighted by atomic mass is 32.1. The summed E-state index contributed by atoms with van der Waals surface area (Å²) in [6.45, 7) is 2.81. The summed E-state index contributed by atoms with van der Waals surface area (Å²) in [6.07, 6.45) is 3.96. The van der Waals surface area contributed by atoms with Crippen molar-refractivity contribution in [2.24, 2.45) is 0 Å². The Bertz CT molecular complexity index is 793. The Balaban J connectivity index is 1.34. The molecule has 0 spiro atoms. The second-order valence-electron chi connectivity index (χ2n) is 6.29. The largest absolute Gasteiger partial charge is 0.487 e. The molecule has 1 aliphatic rings. The number of rotatable bonds is 5. The quantitative estimate of drug-likeness (QED) is 0.700. The topological polar surface area (TPSA) is 69.0 Å². The van der Waals surface area contributed by atoms with E-state index in [-0.39, 0.29) is 0 Å². The standard InChI is InChI=1S/C17H20N6OS/c1-22-8-6-13(7-9-22)17-19-14(11-25-17)10-24-16-4-2-15(3-5-16)23-12-18-20-21-23/h2-5,11-13H,6-10H2,1H3. The molecule has 8 heteroatoms. The van der Waals surface area contributed by atoms with Gasteiger partial charge in [-0.15, -0.1) is 16.4 Å². The summed E-state index contributed by atoms with van der Waals surface area (Å²) in [4.78, 5) is 7.16. The van der Waals surface area contributed by atoms with Crippen LogP contribution in [0.1, 0.15) is 29.5 Å². The molecule has 1 aliphatic heterocycles. The van der Waals surface area contributed by atoms with Gasteiger partial charge in [0.25, 0.3) is 0 Å². The molecule has 1 fully saturated rings. The fourth-order valence-corrected chi connectivity index (χ4v) is 3.94. The van der Waals surface area contributed by atoms with Crippen molar-refractivity contribution < 1.29 is 4.74 Å². The SMILES string of the molecule is CN1CCC(c2nc(COc3ccc(-n4cnnn4)cc3)cs2)CC1. The molecule has 1 aromatic carbocycles. The van der Waals surface area contributed by atoms with Gasteiger partial charge in [0.1, 0.15) is 18.7 Å². The van der Waals surface area contributed by atoms with Gasteiger partial charge in [0.05, 0.1) is 16.4 Å². The van der Waals surface area contributed by atoms with Crippen molar-refractivity contribution in [1.29, 1.82) is 0 Å². The zero-order valence-electron chi connectivity index (χ0n) is 14.1. The molecule has 0 N–H and O–H groups in total. The van der Waals surface area contributed by atoms with Gasteiger partial charge in [0.2, 0.25) is 0 Å². The average Bonchev–Trinajstić information content (AvgIpc) is 3.33. The second kappa shape index (κ2) is 7.28. The Labute approximate surface area is 150 Å². The highest BCUT2D eigenvalue weighted by molar-refractivity contribution is 7.09. The fourth-order valence-electron chi connectivity index (χ4n) is 2.96. The van der Waals surface area contributed by atoms with Crippen LogP contribution in [0.5, 0.6) is 5.75 Å². The van der Waals surface area contributed by atoms with Gasteiger partial charge in [-0.05, 0) is 67.7 Å². The summed E-state index contributed by atoms with van der Waals surface area (Å²) in [5.41, 5.74) is 1.90. The normalized spacial score (nSPS) is 16.2. The highest BCUT2D eigenvalue weighted by Crippen LogP contribution is 2.30. The lowest BCUT2D eigenvalue weighted by Crippen LogP contribution is -2.29. The lowest BCUT2D eigenvalue weighted by molar-refractivity contribution is 0.254. The molecule has 0 radical (unpaired) electrons. The van der Waals surface area contributed by atoms with E-state index in [9.17, 15) is 0 Å². The Morgan fingerprint density at radius 1 is 1.20 bits per heavy atom. The number of aromatic nitrogens is 5. The lowest BCUT2D eigenvalue weighted by Gasteiger charge is -2.27. The van der Waals surface area contributed by atoms with Crippen LogP contribution >= 0.6 is 11.3 Å². The van der Waals surface area contributed by atoms with Crippen LogP contribution < -0.4 is 4.74 Å². The van der Waals surface area contributed by atoms with Crippen molar-refractivity contribution in [2.75, 3.05) is 20.1 Å². The summed E-state index contributed by atoms with van der Waals surface area (Å²) in [7, 11) is 2.18. The van der Waals surface area contributed by atoms with Crippen molar-refractivity contribution >= 4 is 11.3 Å². The molecule has 0 unspecified atom stereocenters. The smallest absolute Gasteiger partial charge is 0.143 e. The van der Waals surface area contributed by atoms with Crippen LogP contribution in [-0.2, 0) is 6.61 Å².